The number of methoxy groups -OCH3 is 2. The Kier molecular flexibility index (Phi) is 6.34. The fraction of sp³-hybridized carbons (Fsp3) is 0.400. The lowest BCUT2D eigenvalue weighted by Crippen LogP contribution is -2.42. The first kappa shape index (κ1) is 19.2. The molecule has 3 rings (SSSR count). The Balaban J connectivity index is 1.53. The van der Waals surface area contributed by atoms with E-state index in [1.54, 1.807) is 43.8 Å². The molecular formula is C20H24N2O4S. The second-order valence-electron chi connectivity index (χ2n) is 6.47. The van der Waals surface area contributed by atoms with Crippen molar-refractivity contribution < 1.29 is 19.1 Å². The number of amides is 2. The van der Waals surface area contributed by atoms with Gasteiger partial charge in [0, 0.05) is 30.0 Å². The molecule has 0 atom stereocenters. The number of piperidine rings is 1. The molecule has 144 valence electrons. The second kappa shape index (κ2) is 8.90. The van der Waals surface area contributed by atoms with E-state index in [9.17, 15) is 9.59 Å². The standard InChI is InChI=1S/C20H24N2O4S/c1-25-15-5-6-17(18(12-15)26-2)21-20(24)14-7-9-22(10-8-14)19(23)13-16-4-3-11-27-16/h3-6,11-12,14H,7-10,13H2,1-2H3,(H,21,24). The molecule has 1 saturated heterocycles. The summed E-state index contributed by atoms with van der Waals surface area (Å²) in [6, 6.07) is 9.23. The first-order valence-corrected chi connectivity index (χ1v) is 9.81. The Morgan fingerprint density at radius 2 is 1.96 bits per heavy atom. The van der Waals surface area contributed by atoms with Crippen molar-refractivity contribution in [1.29, 1.82) is 0 Å². The maximum Gasteiger partial charge on any atom is 0.227 e. The lowest BCUT2D eigenvalue weighted by Gasteiger charge is -2.31. The number of nitrogens with one attached hydrogen (secondary N) is 1. The van der Waals surface area contributed by atoms with Crippen molar-refractivity contribution in [3.05, 3.63) is 40.6 Å². The van der Waals surface area contributed by atoms with Crippen LogP contribution in [0.25, 0.3) is 0 Å². The number of nitrogens with zero attached hydrogens (tertiary/aromatic N) is 1. The molecule has 27 heavy (non-hydrogen) atoms. The van der Waals surface area contributed by atoms with Gasteiger partial charge in [-0.15, -0.1) is 11.3 Å². The zero-order chi connectivity index (χ0) is 19.2. The summed E-state index contributed by atoms with van der Waals surface area (Å²) >= 11 is 1.60. The predicted octanol–water partition coefficient (Wildman–Crippen LogP) is 3.19. The fourth-order valence-electron chi connectivity index (χ4n) is 3.20. The number of likely N-dealkylation sites (tertiary alicyclic amines) is 1. The van der Waals surface area contributed by atoms with E-state index in [1.165, 1.54) is 0 Å². The molecule has 1 aromatic heterocycles. The third-order valence-electron chi connectivity index (χ3n) is 4.79. The van der Waals surface area contributed by atoms with Gasteiger partial charge in [0.15, 0.2) is 0 Å². The number of benzene rings is 1. The fourth-order valence-corrected chi connectivity index (χ4v) is 3.90. The van der Waals surface area contributed by atoms with Crippen LogP contribution in [-0.4, -0.2) is 44.0 Å². The van der Waals surface area contributed by atoms with Gasteiger partial charge in [-0.2, -0.15) is 0 Å². The number of ether oxygens (including phenoxy) is 2. The van der Waals surface area contributed by atoms with Crippen molar-refractivity contribution in [2.75, 3.05) is 32.6 Å². The van der Waals surface area contributed by atoms with Gasteiger partial charge in [0.1, 0.15) is 11.5 Å². The molecule has 0 unspecified atom stereocenters. The smallest absolute Gasteiger partial charge is 0.227 e. The van der Waals surface area contributed by atoms with Crippen LogP contribution in [0.5, 0.6) is 11.5 Å². The molecule has 2 aromatic rings. The first-order chi connectivity index (χ1) is 13.1. The monoisotopic (exact) mass is 388 g/mol. The molecule has 1 fully saturated rings. The molecule has 0 aliphatic carbocycles. The lowest BCUT2D eigenvalue weighted by molar-refractivity contribution is -0.133. The lowest BCUT2D eigenvalue weighted by atomic mass is 9.95. The van der Waals surface area contributed by atoms with Gasteiger partial charge in [0.25, 0.3) is 0 Å². The zero-order valence-corrected chi connectivity index (χ0v) is 16.4. The van der Waals surface area contributed by atoms with Crippen LogP contribution >= 0.6 is 11.3 Å². The Morgan fingerprint density at radius 1 is 1.19 bits per heavy atom. The number of rotatable bonds is 6. The summed E-state index contributed by atoms with van der Waals surface area (Å²) in [5, 5.41) is 4.92. The molecule has 0 spiro atoms. The van der Waals surface area contributed by atoms with Crippen LogP contribution in [0.4, 0.5) is 5.69 Å². The second-order valence-corrected chi connectivity index (χ2v) is 7.50. The van der Waals surface area contributed by atoms with E-state index in [4.69, 9.17) is 9.47 Å². The number of hydrogen-bond acceptors (Lipinski definition) is 5. The molecule has 7 heteroatoms. The number of thiophene rings is 1. The van der Waals surface area contributed by atoms with Crippen LogP contribution in [0.2, 0.25) is 0 Å². The highest BCUT2D eigenvalue weighted by Gasteiger charge is 2.28. The van der Waals surface area contributed by atoms with Crippen LogP contribution in [0, 0.1) is 5.92 Å². The molecule has 0 bridgehead atoms. The van der Waals surface area contributed by atoms with Gasteiger partial charge >= 0.3 is 0 Å². The largest absolute Gasteiger partial charge is 0.497 e. The number of anilines is 1. The summed E-state index contributed by atoms with van der Waals surface area (Å²) < 4.78 is 10.5. The van der Waals surface area contributed by atoms with Crippen molar-refractivity contribution in [3.63, 3.8) is 0 Å². The zero-order valence-electron chi connectivity index (χ0n) is 15.6. The van der Waals surface area contributed by atoms with E-state index < -0.39 is 0 Å². The molecule has 2 amide bonds. The van der Waals surface area contributed by atoms with Crippen molar-refractivity contribution in [3.8, 4) is 11.5 Å². The van der Waals surface area contributed by atoms with Crippen LogP contribution < -0.4 is 14.8 Å². The third-order valence-corrected chi connectivity index (χ3v) is 5.67. The summed E-state index contributed by atoms with van der Waals surface area (Å²) in [4.78, 5) is 27.9. The van der Waals surface area contributed by atoms with Crippen LogP contribution in [0.1, 0.15) is 17.7 Å². The number of hydrogen-bond donors (Lipinski definition) is 1. The minimum Gasteiger partial charge on any atom is -0.497 e. The molecular weight excluding hydrogens is 364 g/mol. The molecule has 0 saturated carbocycles. The van der Waals surface area contributed by atoms with Gasteiger partial charge < -0.3 is 19.7 Å². The summed E-state index contributed by atoms with van der Waals surface area (Å²) in [6.45, 7) is 1.23. The number of carbonyl (C=O) groups is 2. The maximum absolute atomic E-state index is 12.6. The minimum absolute atomic E-state index is 0.0381. The first-order valence-electron chi connectivity index (χ1n) is 8.93. The van der Waals surface area contributed by atoms with E-state index in [0.29, 0.717) is 49.5 Å². The highest BCUT2D eigenvalue weighted by Crippen LogP contribution is 2.30. The van der Waals surface area contributed by atoms with E-state index in [1.807, 2.05) is 22.4 Å². The van der Waals surface area contributed by atoms with E-state index in [-0.39, 0.29) is 17.7 Å². The highest BCUT2D eigenvalue weighted by molar-refractivity contribution is 7.10. The van der Waals surface area contributed by atoms with Crippen molar-refractivity contribution in [2.45, 2.75) is 19.3 Å². The Labute approximate surface area is 163 Å². The summed E-state index contributed by atoms with van der Waals surface area (Å²) in [5.74, 6) is 1.22. The Morgan fingerprint density at radius 3 is 2.59 bits per heavy atom. The van der Waals surface area contributed by atoms with Gasteiger partial charge in [-0.1, -0.05) is 6.07 Å². The molecule has 0 radical (unpaired) electrons. The molecule has 1 aliphatic heterocycles. The Bertz CT molecular complexity index is 783. The summed E-state index contributed by atoms with van der Waals surface area (Å²) in [7, 11) is 3.14. The molecule has 6 nitrogen and oxygen atoms in total. The van der Waals surface area contributed by atoms with Gasteiger partial charge in [-0.3, -0.25) is 9.59 Å². The van der Waals surface area contributed by atoms with Crippen molar-refractivity contribution >= 4 is 28.8 Å². The molecule has 1 aliphatic rings. The van der Waals surface area contributed by atoms with Gasteiger partial charge in [0.2, 0.25) is 11.8 Å². The topological polar surface area (TPSA) is 67.9 Å². The molecule has 1 N–H and O–H groups in total. The van der Waals surface area contributed by atoms with Crippen molar-refractivity contribution in [1.82, 2.24) is 4.90 Å². The number of carbonyl (C=O) groups excluding carboxylic acids is 2. The minimum atomic E-state index is -0.109. The molecule has 1 aromatic carbocycles. The summed E-state index contributed by atoms with van der Waals surface area (Å²) in [5.41, 5.74) is 0.625. The van der Waals surface area contributed by atoms with Gasteiger partial charge in [-0.25, -0.2) is 0 Å². The van der Waals surface area contributed by atoms with Gasteiger partial charge in [-0.05, 0) is 36.4 Å². The quantitative estimate of drug-likeness (QED) is 0.825. The average molecular weight is 388 g/mol. The van der Waals surface area contributed by atoms with Crippen LogP contribution in [-0.2, 0) is 16.0 Å². The maximum atomic E-state index is 12.6. The average Bonchev–Trinajstić information content (AvgIpc) is 3.21. The predicted molar refractivity (Wildman–Crippen MR) is 106 cm³/mol. The summed E-state index contributed by atoms with van der Waals surface area (Å²) in [6.07, 6.45) is 1.78. The van der Waals surface area contributed by atoms with Gasteiger partial charge in [0.05, 0.1) is 26.3 Å². The van der Waals surface area contributed by atoms with Crippen molar-refractivity contribution in [2.24, 2.45) is 5.92 Å². The molecule has 2 heterocycles. The SMILES string of the molecule is COc1ccc(NC(=O)C2CCN(C(=O)Cc3cccs3)CC2)c(OC)c1. The Hall–Kier alpha value is -2.54. The normalized spacial score (nSPS) is 14.7. The van der Waals surface area contributed by atoms with Crippen LogP contribution in [0.15, 0.2) is 35.7 Å². The van der Waals surface area contributed by atoms with E-state index in [0.717, 1.165) is 4.88 Å². The van der Waals surface area contributed by atoms with E-state index >= 15 is 0 Å². The van der Waals surface area contributed by atoms with E-state index in [2.05, 4.69) is 5.32 Å². The third kappa shape index (κ3) is 4.80. The van der Waals surface area contributed by atoms with Crippen LogP contribution in [0.3, 0.4) is 0 Å². The highest BCUT2D eigenvalue weighted by atomic mass is 32.1.